The zero-order chi connectivity index (χ0) is 16.4. The summed E-state index contributed by atoms with van der Waals surface area (Å²) in [5.74, 6) is 0.832. The van der Waals surface area contributed by atoms with Gasteiger partial charge in [0.25, 0.3) is 11.5 Å². The van der Waals surface area contributed by atoms with E-state index in [-0.39, 0.29) is 17.3 Å². The minimum atomic E-state index is -0.402. The summed E-state index contributed by atoms with van der Waals surface area (Å²) in [6.07, 6.45) is 0. The fourth-order valence-corrected chi connectivity index (χ4v) is 2.24. The highest BCUT2D eigenvalue weighted by molar-refractivity contribution is 5.92. The second-order valence-electron chi connectivity index (χ2n) is 5.03. The fourth-order valence-electron chi connectivity index (χ4n) is 2.24. The van der Waals surface area contributed by atoms with Gasteiger partial charge in [0, 0.05) is 11.5 Å². The molecular formula is C16H15N3O4. The highest BCUT2D eigenvalue weighted by atomic mass is 16.5. The molecule has 2 heterocycles. The van der Waals surface area contributed by atoms with Crippen molar-refractivity contribution in [3.8, 4) is 5.75 Å². The highest BCUT2D eigenvalue weighted by Gasteiger charge is 2.17. The molecule has 7 nitrogen and oxygen atoms in total. The zero-order valence-electron chi connectivity index (χ0n) is 12.6. The summed E-state index contributed by atoms with van der Waals surface area (Å²) in [5, 5.41) is 9.58. The normalized spacial score (nSPS) is 12.1. The first-order valence-electron chi connectivity index (χ1n) is 7.01. The molecule has 1 aromatic carbocycles. The molecule has 3 aromatic rings. The largest absolute Gasteiger partial charge is 0.493 e. The van der Waals surface area contributed by atoms with Gasteiger partial charge in [-0.15, -0.1) is 0 Å². The summed E-state index contributed by atoms with van der Waals surface area (Å²) in [6, 6.07) is 9.68. The lowest BCUT2D eigenvalue weighted by Crippen LogP contribution is -2.28. The second kappa shape index (κ2) is 5.96. The van der Waals surface area contributed by atoms with E-state index in [4.69, 9.17) is 9.15 Å². The molecule has 0 fully saturated rings. The van der Waals surface area contributed by atoms with Crippen molar-refractivity contribution in [1.29, 1.82) is 0 Å². The lowest BCUT2D eigenvalue weighted by atomic mass is 10.2. The number of methoxy groups -OCH3 is 1. The first kappa shape index (κ1) is 14.8. The van der Waals surface area contributed by atoms with E-state index in [1.165, 1.54) is 12.1 Å². The lowest BCUT2D eigenvalue weighted by Gasteiger charge is -2.10. The third-order valence-electron chi connectivity index (χ3n) is 3.43. The van der Waals surface area contributed by atoms with Crippen LogP contribution in [0, 0.1) is 0 Å². The maximum atomic E-state index is 12.1. The van der Waals surface area contributed by atoms with Crippen molar-refractivity contribution >= 4 is 16.9 Å². The van der Waals surface area contributed by atoms with Crippen LogP contribution in [0.3, 0.4) is 0 Å². The topological polar surface area (TPSA) is 97.2 Å². The quantitative estimate of drug-likeness (QED) is 0.768. The van der Waals surface area contributed by atoms with E-state index in [1.54, 1.807) is 14.0 Å². The van der Waals surface area contributed by atoms with Crippen LogP contribution in [0.25, 0.3) is 11.0 Å². The number of ether oxygens (including phenoxy) is 1. The molecule has 0 aliphatic carbocycles. The van der Waals surface area contributed by atoms with Gasteiger partial charge in [-0.2, -0.15) is 5.10 Å². The first-order valence-corrected chi connectivity index (χ1v) is 7.01. The van der Waals surface area contributed by atoms with Gasteiger partial charge in [0.1, 0.15) is 11.5 Å². The van der Waals surface area contributed by atoms with Crippen molar-refractivity contribution in [3.05, 3.63) is 58.2 Å². The number of rotatable bonds is 4. The third-order valence-corrected chi connectivity index (χ3v) is 3.43. The first-order chi connectivity index (χ1) is 11.1. The number of furan rings is 1. The molecule has 2 N–H and O–H groups in total. The Hall–Kier alpha value is -3.09. The van der Waals surface area contributed by atoms with Gasteiger partial charge in [0.15, 0.2) is 11.3 Å². The van der Waals surface area contributed by atoms with E-state index < -0.39 is 5.91 Å². The lowest BCUT2D eigenvalue weighted by molar-refractivity contribution is 0.0929. The minimum absolute atomic E-state index is 0.130. The summed E-state index contributed by atoms with van der Waals surface area (Å²) in [7, 11) is 1.57. The summed E-state index contributed by atoms with van der Waals surface area (Å²) in [5.41, 5.74) is 0.400. The molecule has 0 aliphatic heterocycles. The number of hydrogen-bond acceptors (Lipinski definition) is 5. The van der Waals surface area contributed by atoms with Gasteiger partial charge in [0.05, 0.1) is 13.2 Å². The van der Waals surface area contributed by atoms with Gasteiger partial charge in [-0.25, -0.2) is 5.10 Å². The molecule has 0 bridgehead atoms. The van der Waals surface area contributed by atoms with E-state index in [2.05, 4.69) is 15.5 Å². The summed E-state index contributed by atoms with van der Waals surface area (Å²) >= 11 is 0. The fraction of sp³-hybridized carbons (Fsp3) is 0.188. The van der Waals surface area contributed by atoms with E-state index in [0.29, 0.717) is 17.1 Å². The van der Waals surface area contributed by atoms with Crippen LogP contribution in [0.5, 0.6) is 5.75 Å². The van der Waals surface area contributed by atoms with Crippen LogP contribution in [-0.4, -0.2) is 23.2 Å². The Morgan fingerprint density at radius 3 is 2.87 bits per heavy atom. The van der Waals surface area contributed by atoms with Crippen LogP contribution >= 0.6 is 0 Å². The van der Waals surface area contributed by atoms with Crippen LogP contribution in [-0.2, 0) is 0 Å². The highest BCUT2D eigenvalue weighted by Crippen LogP contribution is 2.30. The number of para-hydroxylation sites is 1. The van der Waals surface area contributed by atoms with Gasteiger partial charge < -0.3 is 14.5 Å². The Morgan fingerprint density at radius 1 is 1.35 bits per heavy atom. The van der Waals surface area contributed by atoms with E-state index >= 15 is 0 Å². The number of carbonyl (C=O) groups is 1. The maximum absolute atomic E-state index is 12.1. The molecular weight excluding hydrogens is 298 g/mol. The standard InChI is InChI=1S/C16H15N3O4/c1-9(17-16(21)11-6-7-14(20)19-18-11)13-8-10-4-3-5-12(22-2)15(10)23-13/h3-9H,1-2H3,(H,17,21)(H,19,20). The van der Waals surface area contributed by atoms with Crippen molar-refractivity contribution in [3.63, 3.8) is 0 Å². The molecule has 0 radical (unpaired) electrons. The number of aromatic amines is 1. The van der Waals surface area contributed by atoms with Crippen molar-refractivity contribution in [1.82, 2.24) is 15.5 Å². The molecule has 0 saturated carbocycles. The number of nitrogens with zero attached hydrogens (tertiary/aromatic N) is 1. The van der Waals surface area contributed by atoms with E-state index in [1.807, 2.05) is 24.3 Å². The number of amides is 1. The number of benzene rings is 1. The Labute approximate surface area is 131 Å². The predicted octanol–water partition coefficient (Wildman–Crippen LogP) is 2.02. The van der Waals surface area contributed by atoms with Crippen molar-refractivity contribution in [2.75, 3.05) is 7.11 Å². The van der Waals surface area contributed by atoms with Crippen LogP contribution in [0.1, 0.15) is 29.2 Å². The molecule has 7 heteroatoms. The van der Waals surface area contributed by atoms with Crippen molar-refractivity contribution in [2.24, 2.45) is 0 Å². The Morgan fingerprint density at radius 2 is 2.17 bits per heavy atom. The monoisotopic (exact) mass is 313 g/mol. The predicted molar refractivity (Wildman–Crippen MR) is 83.5 cm³/mol. The molecule has 0 spiro atoms. The van der Waals surface area contributed by atoms with Gasteiger partial charge in [-0.05, 0) is 25.1 Å². The van der Waals surface area contributed by atoms with Gasteiger partial charge in [0.2, 0.25) is 0 Å². The smallest absolute Gasteiger partial charge is 0.272 e. The number of carbonyl (C=O) groups excluding carboxylic acids is 1. The molecule has 118 valence electrons. The molecule has 0 aliphatic rings. The molecule has 3 rings (SSSR count). The SMILES string of the molecule is COc1cccc2cc(C(C)NC(=O)c3ccc(=O)[nH]n3)oc12. The maximum Gasteiger partial charge on any atom is 0.272 e. The van der Waals surface area contributed by atoms with Crippen LogP contribution in [0.2, 0.25) is 0 Å². The second-order valence-corrected chi connectivity index (χ2v) is 5.03. The number of hydrogen-bond donors (Lipinski definition) is 2. The molecule has 2 aromatic heterocycles. The van der Waals surface area contributed by atoms with Crippen LogP contribution in [0.4, 0.5) is 0 Å². The number of nitrogens with one attached hydrogen (secondary N) is 2. The molecule has 1 amide bonds. The van der Waals surface area contributed by atoms with E-state index in [0.717, 1.165) is 5.39 Å². The Kier molecular flexibility index (Phi) is 3.84. The Balaban J connectivity index is 1.83. The average Bonchev–Trinajstić information content (AvgIpc) is 2.99. The molecule has 1 atom stereocenters. The van der Waals surface area contributed by atoms with Gasteiger partial charge in [-0.1, -0.05) is 12.1 Å². The van der Waals surface area contributed by atoms with Crippen molar-refractivity contribution < 1.29 is 13.9 Å². The van der Waals surface area contributed by atoms with E-state index in [9.17, 15) is 9.59 Å². The summed E-state index contributed by atoms with van der Waals surface area (Å²) in [6.45, 7) is 1.80. The summed E-state index contributed by atoms with van der Waals surface area (Å²) < 4.78 is 11.0. The molecule has 1 unspecified atom stereocenters. The molecule has 0 saturated heterocycles. The van der Waals surface area contributed by atoms with Gasteiger partial charge >= 0.3 is 0 Å². The number of H-pyrrole nitrogens is 1. The van der Waals surface area contributed by atoms with Crippen LogP contribution < -0.4 is 15.6 Å². The molecule has 23 heavy (non-hydrogen) atoms. The summed E-state index contributed by atoms with van der Waals surface area (Å²) in [4.78, 5) is 23.1. The Bertz CT molecular complexity index is 893. The number of aromatic nitrogens is 2. The third kappa shape index (κ3) is 2.94. The number of fused-ring (bicyclic) bond motifs is 1. The zero-order valence-corrected chi connectivity index (χ0v) is 12.6. The van der Waals surface area contributed by atoms with Crippen molar-refractivity contribution in [2.45, 2.75) is 13.0 Å². The minimum Gasteiger partial charge on any atom is -0.493 e. The van der Waals surface area contributed by atoms with Gasteiger partial charge in [-0.3, -0.25) is 9.59 Å². The van der Waals surface area contributed by atoms with Crippen LogP contribution in [0.15, 0.2) is 45.6 Å². The average molecular weight is 313 g/mol.